The van der Waals surface area contributed by atoms with E-state index in [9.17, 15) is 20.4 Å². The average molecular weight is 521 g/mol. The fraction of sp³-hybridized carbons (Fsp3) is 0.400. The highest BCUT2D eigenvalue weighted by atomic mass is 16.7. The number of hydrogen-bond donors (Lipinski definition) is 4. The van der Waals surface area contributed by atoms with Gasteiger partial charge in [-0.2, -0.15) is 0 Å². The lowest BCUT2D eigenvalue weighted by atomic mass is 9.66. The van der Waals surface area contributed by atoms with E-state index in [0.717, 1.165) is 27.8 Å². The fourth-order valence-electron chi connectivity index (χ4n) is 5.91. The molecule has 3 aliphatic rings. The first-order valence-electron chi connectivity index (χ1n) is 13.0. The molecule has 4 N–H and O–H groups in total. The Kier molecular flexibility index (Phi) is 7.09. The Morgan fingerprint density at radius 2 is 1.66 bits per heavy atom. The first kappa shape index (κ1) is 25.3. The molecular weight excluding hydrogens is 488 g/mol. The molecule has 0 bridgehead atoms. The molecule has 0 unspecified atom stereocenters. The number of aliphatic hydroxyl groups is 4. The van der Waals surface area contributed by atoms with Crippen LogP contribution >= 0.6 is 0 Å². The van der Waals surface area contributed by atoms with Crippen LogP contribution in [0.5, 0.6) is 11.5 Å². The summed E-state index contributed by atoms with van der Waals surface area (Å²) in [5, 5.41) is 40.8. The average Bonchev–Trinajstić information content (AvgIpc) is 3.43. The molecule has 38 heavy (non-hydrogen) atoms. The maximum Gasteiger partial charge on any atom is 0.231 e. The van der Waals surface area contributed by atoms with Gasteiger partial charge in [0.25, 0.3) is 0 Å². The van der Waals surface area contributed by atoms with Crippen LogP contribution in [0, 0.1) is 11.8 Å². The Hall–Kier alpha value is -2.98. The molecule has 2 aliphatic heterocycles. The van der Waals surface area contributed by atoms with Gasteiger partial charge in [0.15, 0.2) is 17.8 Å². The van der Waals surface area contributed by atoms with Crippen molar-refractivity contribution in [2.24, 2.45) is 11.8 Å². The van der Waals surface area contributed by atoms with Crippen molar-refractivity contribution in [3.8, 4) is 22.6 Å². The maximum absolute atomic E-state index is 10.5. The third kappa shape index (κ3) is 4.68. The van der Waals surface area contributed by atoms with Gasteiger partial charge in [-0.15, -0.1) is 0 Å². The first-order valence-corrected chi connectivity index (χ1v) is 13.0. The van der Waals surface area contributed by atoms with Gasteiger partial charge in [0, 0.05) is 12.5 Å². The van der Waals surface area contributed by atoms with E-state index in [2.05, 4.69) is 30.3 Å². The molecular formula is C30H32O8. The van der Waals surface area contributed by atoms with Crippen molar-refractivity contribution < 1.29 is 39.4 Å². The lowest BCUT2D eigenvalue weighted by Gasteiger charge is -2.41. The zero-order valence-electron chi connectivity index (χ0n) is 20.8. The van der Waals surface area contributed by atoms with E-state index in [-0.39, 0.29) is 44.4 Å². The zero-order valence-corrected chi connectivity index (χ0v) is 20.8. The van der Waals surface area contributed by atoms with Crippen molar-refractivity contribution in [2.45, 2.75) is 36.9 Å². The van der Waals surface area contributed by atoms with Crippen molar-refractivity contribution in [2.75, 3.05) is 26.6 Å². The minimum Gasteiger partial charge on any atom is -0.454 e. The van der Waals surface area contributed by atoms with Gasteiger partial charge in [0.05, 0.1) is 13.2 Å². The topological polar surface area (TPSA) is 118 Å². The third-order valence-corrected chi connectivity index (χ3v) is 8.00. The SMILES string of the molecule is OC[C@H]1Cc2ccc(-c3ccccc3)cc2[C@@H](c2ccc3c(c2)OCO3)[C@@H]1CO[C@@H]1OC[C@@H](O)[C@H](O)[C@H]1O. The second-order valence-electron chi connectivity index (χ2n) is 10.3. The molecule has 3 aromatic carbocycles. The van der Waals surface area contributed by atoms with E-state index in [4.69, 9.17) is 18.9 Å². The van der Waals surface area contributed by atoms with Crippen LogP contribution in [0.1, 0.15) is 22.6 Å². The van der Waals surface area contributed by atoms with Crippen LogP contribution in [0.15, 0.2) is 66.7 Å². The second-order valence-corrected chi connectivity index (χ2v) is 10.3. The molecule has 3 aromatic rings. The highest BCUT2D eigenvalue weighted by Gasteiger charge is 2.42. The predicted octanol–water partition coefficient (Wildman–Crippen LogP) is 2.45. The molecule has 8 heteroatoms. The van der Waals surface area contributed by atoms with Gasteiger partial charge in [-0.1, -0.05) is 54.6 Å². The van der Waals surface area contributed by atoms with Crippen LogP contribution in [0.25, 0.3) is 11.1 Å². The van der Waals surface area contributed by atoms with E-state index >= 15 is 0 Å². The van der Waals surface area contributed by atoms with Crippen LogP contribution < -0.4 is 9.47 Å². The summed E-state index contributed by atoms with van der Waals surface area (Å²) in [6.45, 7) is 0.176. The third-order valence-electron chi connectivity index (χ3n) is 8.00. The second kappa shape index (κ2) is 10.6. The van der Waals surface area contributed by atoms with Gasteiger partial charge in [-0.3, -0.25) is 0 Å². The lowest BCUT2D eigenvalue weighted by molar-refractivity contribution is -0.274. The maximum atomic E-state index is 10.5. The molecule has 0 spiro atoms. The van der Waals surface area contributed by atoms with E-state index in [1.165, 1.54) is 0 Å². The van der Waals surface area contributed by atoms with E-state index in [1.54, 1.807) is 0 Å². The molecule has 0 saturated carbocycles. The van der Waals surface area contributed by atoms with Gasteiger partial charge >= 0.3 is 0 Å². The molecule has 6 rings (SSSR count). The standard InChI is InChI=1S/C30H32O8/c31-13-21-10-19-7-6-18(17-4-2-1-3-5-17)11-22(19)27(20-8-9-25-26(12-20)38-16-37-25)23(21)14-35-30-29(34)28(33)24(32)15-36-30/h1-9,11-12,21,23-24,27-34H,10,13-16H2/t21-,23-,24-,27-,28+,29-,30-/m1/s1. The number of rotatable bonds is 6. The summed E-state index contributed by atoms with van der Waals surface area (Å²) >= 11 is 0. The molecule has 2 heterocycles. The number of benzene rings is 3. The fourth-order valence-corrected chi connectivity index (χ4v) is 5.91. The van der Waals surface area contributed by atoms with Crippen LogP contribution in [0.3, 0.4) is 0 Å². The van der Waals surface area contributed by atoms with Gasteiger partial charge in [0.1, 0.15) is 18.3 Å². The van der Waals surface area contributed by atoms with Crippen LogP contribution in [-0.4, -0.2) is 71.6 Å². The largest absolute Gasteiger partial charge is 0.454 e. The van der Waals surface area contributed by atoms with Crippen molar-refractivity contribution in [3.63, 3.8) is 0 Å². The molecule has 0 amide bonds. The van der Waals surface area contributed by atoms with Crippen molar-refractivity contribution in [1.82, 2.24) is 0 Å². The predicted molar refractivity (Wildman–Crippen MR) is 138 cm³/mol. The summed E-state index contributed by atoms with van der Waals surface area (Å²) in [4.78, 5) is 0. The normalized spacial score (nSPS) is 30.2. The van der Waals surface area contributed by atoms with Crippen LogP contribution in [0.4, 0.5) is 0 Å². The molecule has 200 valence electrons. The molecule has 0 aromatic heterocycles. The number of hydrogen-bond acceptors (Lipinski definition) is 8. The smallest absolute Gasteiger partial charge is 0.231 e. The van der Waals surface area contributed by atoms with Gasteiger partial charge < -0.3 is 39.4 Å². The summed E-state index contributed by atoms with van der Waals surface area (Å²) in [5.41, 5.74) is 5.52. The Balaban J connectivity index is 1.39. The lowest BCUT2D eigenvalue weighted by Crippen LogP contribution is -2.54. The highest BCUT2D eigenvalue weighted by molar-refractivity contribution is 5.66. The summed E-state index contributed by atoms with van der Waals surface area (Å²) in [5.74, 6) is 0.943. The molecule has 0 radical (unpaired) electrons. The summed E-state index contributed by atoms with van der Waals surface area (Å²) in [6, 6.07) is 22.6. The first-order chi connectivity index (χ1) is 18.5. The molecule has 1 saturated heterocycles. The van der Waals surface area contributed by atoms with E-state index in [1.807, 2.05) is 36.4 Å². The Labute approximate surface area is 221 Å². The highest BCUT2D eigenvalue weighted by Crippen LogP contribution is 2.47. The van der Waals surface area contributed by atoms with Gasteiger partial charge in [0.2, 0.25) is 6.79 Å². The molecule has 7 atom stereocenters. The summed E-state index contributed by atoms with van der Waals surface area (Å²) in [7, 11) is 0. The molecule has 1 aliphatic carbocycles. The number of fused-ring (bicyclic) bond motifs is 2. The van der Waals surface area contributed by atoms with Crippen molar-refractivity contribution >= 4 is 0 Å². The molecule has 1 fully saturated rings. The zero-order chi connectivity index (χ0) is 26.2. The van der Waals surface area contributed by atoms with Crippen LogP contribution in [0.2, 0.25) is 0 Å². The Bertz CT molecular complexity index is 1260. The number of aliphatic hydroxyl groups excluding tert-OH is 4. The summed E-state index contributed by atoms with van der Waals surface area (Å²) < 4.78 is 22.8. The Morgan fingerprint density at radius 1 is 0.842 bits per heavy atom. The van der Waals surface area contributed by atoms with Gasteiger partial charge in [-0.25, -0.2) is 0 Å². The molecule has 8 nitrogen and oxygen atoms in total. The number of ether oxygens (including phenoxy) is 4. The monoisotopic (exact) mass is 520 g/mol. The van der Waals surface area contributed by atoms with E-state index < -0.39 is 24.6 Å². The minimum atomic E-state index is -1.38. The minimum absolute atomic E-state index is 0.0373. The summed E-state index contributed by atoms with van der Waals surface area (Å²) in [6.07, 6.45) is -4.31. The Morgan fingerprint density at radius 3 is 2.47 bits per heavy atom. The van der Waals surface area contributed by atoms with Crippen molar-refractivity contribution in [3.05, 3.63) is 83.4 Å². The van der Waals surface area contributed by atoms with Crippen LogP contribution in [-0.2, 0) is 15.9 Å². The van der Waals surface area contributed by atoms with Gasteiger partial charge in [-0.05, 0) is 58.2 Å². The van der Waals surface area contributed by atoms with E-state index in [0.29, 0.717) is 17.9 Å². The quantitative estimate of drug-likeness (QED) is 0.392. The van der Waals surface area contributed by atoms with Crippen molar-refractivity contribution in [1.29, 1.82) is 0 Å².